The van der Waals surface area contributed by atoms with Crippen molar-refractivity contribution in [1.82, 2.24) is 9.78 Å². The Bertz CT molecular complexity index is 537. The summed E-state index contributed by atoms with van der Waals surface area (Å²) in [6.45, 7) is 4.10. The molecule has 0 amide bonds. The maximum atomic E-state index is 13.7. The lowest BCUT2D eigenvalue weighted by Crippen LogP contribution is -2.01. The van der Waals surface area contributed by atoms with Gasteiger partial charge in [-0.15, -0.1) is 0 Å². The number of halogens is 1. The number of rotatable bonds is 3. The zero-order valence-corrected chi connectivity index (χ0v) is 9.77. The standard InChI is InChI=1S/C12H14FN3O/c1-3-17-11-5-4-9(7-10(11)13)16-8(2)6-12(14)15-16/h4-7H,3H2,1-2H3,(H2,14,15). The summed E-state index contributed by atoms with van der Waals surface area (Å²) >= 11 is 0. The molecule has 5 heteroatoms. The molecular weight excluding hydrogens is 221 g/mol. The number of aryl methyl sites for hydroxylation is 1. The van der Waals surface area contributed by atoms with Gasteiger partial charge in [0.15, 0.2) is 11.6 Å². The zero-order valence-electron chi connectivity index (χ0n) is 9.77. The maximum Gasteiger partial charge on any atom is 0.167 e. The molecule has 2 N–H and O–H groups in total. The Kier molecular flexibility index (Phi) is 2.99. The third kappa shape index (κ3) is 2.22. The van der Waals surface area contributed by atoms with Crippen LogP contribution in [0.2, 0.25) is 0 Å². The number of anilines is 1. The first kappa shape index (κ1) is 11.4. The second kappa shape index (κ2) is 4.45. The molecule has 1 aromatic heterocycles. The van der Waals surface area contributed by atoms with Crippen LogP contribution in [0.3, 0.4) is 0 Å². The average molecular weight is 235 g/mol. The topological polar surface area (TPSA) is 53.1 Å². The summed E-state index contributed by atoms with van der Waals surface area (Å²) in [5, 5.41) is 4.08. The molecule has 0 radical (unpaired) electrons. The van der Waals surface area contributed by atoms with Gasteiger partial charge in [0, 0.05) is 17.8 Å². The van der Waals surface area contributed by atoms with E-state index in [0.29, 0.717) is 18.1 Å². The number of nitrogens with two attached hydrogens (primary N) is 1. The molecule has 1 heterocycles. The van der Waals surface area contributed by atoms with Gasteiger partial charge in [-0.3, -0.25) is 0 Å². The van der Waals surface area contributed by atoms with Crippen LogP contribution in [0.1, 0.15) is 12.6 Å². The third-order valence-electron chi connectivity index (χ3n) is 2.37. The van der Waals surface area contributed by atoms with Crippen molar-refractivity contribution in [3.63, 3.8) is 0 Å². The Hall–Kier alpha value is -2.04. The second-order valence-electron chi connectivity index (χ2n) is 3.67. The van der Waals surface area contributed by atoms with Crippen molar-refractivity contribution in [3.05, 3.63) is 35.8 Å². The van der Waals surface area contributed by atoms with E-state index in [0.717, 1.165) is 5.69 Å². The zero-order chi connectivity index (χ0) is 12.4. The van der Waals surface area contributed by atoms with E-state index in [-0.39, 0.29) is 5.75 Å². The largest absolute Gasteiger partial charge is 0.491 e. The molecule has 0 unspecified atom stereocenters. The molecule has 0 bridgehead atoms. The molecule has 0 aliphatic heterocycles. The molecule has 0 aliphatic rings. The maximum absolute atomic E-state index is 13.7. The fraction of sp³-hybridized carbons (Fsp3) is 0.250. The molecule has 1 aromatic carbocycles. The molecule has 0 saturated carbocycles. The fourth-order valence-corrected chi connectivity index (χ4v) is 1.65. The fourth-order valence-electron chi connectivity index (χ4n) is 1.65. The summed E-state index contributed by atoms with van der Waals surface area (Å²) in [7, 11) is 0. The van der Waals surface area contributed by atoms with Gasteiger partial charge in [0.05, 0.1) is 12.3 Å². The predicted octanol–water partition coefficient (Wildman–Crippen LogP) is 2.30. The van der Waals surface area contributed by atoms with E-state index in [4.69, 9.17) is 10.5 Å². The molecule has 0 fully saturated rings. The van der Waals surface area contributed by atoms with Crippen molar-refractivity contribution in [1.29, 1.82) is 0 Å². The van der Waals surface area contributed by atoms with Gasteiger partial charge in [0.25, 0.3) is 0 Å². The lowest BCUT2D eigenvalue weighted by Gasteiger charge is -2.08. The summed E-state index contributed by atoms with van der Waals surface area (Å²) in [5.74, 6) is 0.253. The van der Waals surface area contributed by atoms with Crippen molar-refractivity contribution >= 4 is 5.82 Å². The van der Waals surface area contributed by atoms with Crippen LogP contribution in [0.5, 0.6) is 5.75 Å². The number of nitrogen functional groups attached to an aromatic ring is 1. The Labute approximate surface area is 98.8 Å². The summed E-state index contributed by atoms with van der Waals surface area (Å²) in [4.78, 5) is 0. The number of ether oxygens (including phenoxy) is 1. The third-order valence-corrected chi connectivity index (χ3v) is 2.37. The van der Waals surface area contributed by atoms with Crippen LogP contribution < -0.4 is 10.5 Å². The summed E-state index contributed by atoms with van der Waals surface area (Å²) in [5.41, 5.74) is 7.06. The number of hydrogen-bond donors (Lipinski definition) is 1. The Morgan fingerprint density at radius 2 is 2.18 bits per heavy atom. The molecule has 2 rings (SSSR count). The Morgan fingerprint density at radius 1 is 1.41 bits per heavy atom. The summed E-state index contributed by atoms with van der Waals surface area (Å²) < 4.78 is 20.4. The van der Waals surface area contributed by atoms with Gasteiger partial charge in [-0.25, -0.2) is 9.07 Å². The minimum atomic E-state index is -0.405. The van der Waals surface area contributed by atoms with Crippen molar-refractivity contribution < 1.29 is 9.13 Å². The Balaban J connectivity index is 2.41. The molecule has 90 valence electrons. The Morgan fingerprint density at radius 3 is 2.71 bits per heavy atom. The monoisotopic (exact) mass is 235 g/mol. The lowest BCUT2D eigenvalue weighted by atomic mass is 10.3. The highest BCUT2D eigenvalue weighted by Crippen LogP contribution is 2.21. The first-order valence-corrected chi connectivity index (χ1v) is 5.36. The van der Waals surface area contributed by atoms with Gasteiger partial charge in [0.1, 0.15) is 5.82 Å². The number of hydrogen-bond acceptors (Lipinski definition) is 3. The SMILES string of the molecule is CCOc1ccc(-n2nc(N)cc2C)cc1F. The molecule has 2 aromatic rings. The normalized spacial score (nSPS) is 10.5. The number of benzene rings is 1. The summed E-state index contributed by atoms with van der Waals surface area (Å²) in [6.07, 6.45) is 0. The molecule has 4 nitrogen and oxygen atoms in total. The van der Waals surface area contributed by atoms with Crippen molar-refractivity contribution in [2.75, 3.05) is 12.3 Å². The summed E-state index contributed by atoms with van der Waals surface area (Å²) in [6, 6.07) is 6.44. The van der Waals surface area contributed by atoms with Gasteiger partial charge in [-0.2, -0.15) is 5.10 Å². The molecule has 0 aliphatic carbocycles. The quantitative estimate of drug-likeness (QED) is 0.888. The number of aromatic nitrogens is 2. The smallest absolute Gasteiger partial charge is 0.167 e. The first-order chi connectivity index (χ1) is 8.11. The average Bonchev–Trinajstić information content (AvgIpc) is 2.61. The van der Waals surface area contributed by atoms with Crippen LogP contribution >= 0.6 is 0 Å². The van der Waals surface area contributed by atoms with Crippen molar-refractivity contribution in [2.24, 2.45) is 0 Å². The van der Waals surface area contributed by atoms with Gasteiger partial charge in [-0.1, -0.05) is 0 Å². The molecule has 17 heavy (non-hydrogen) atoms. The van der Waals surface area contributed by atoms with E-state index in [1.165, 1.54) is 6.07 Å². The first-order valence-electron chi connectivity index (χ1n) is 5.36. The van der Waals surface area contributed by atoms with Crippen LogP contribution in [0.4, 0.5) is 10.2 Å². The van der Waals surface area contributed by atoms with Crippen LogP contribution in [-0.4, -0.2) is 16.4 Å². The van der Waals surface area contributed by atoms with E-state index < -0.39 is 5.82 Å². The van der Waals surface area contributed by atoms with Gasteiger partial charge in [-0.05, 0) is 26.0 Å². The van der Waals surface area contributed by atoms with E-state index in [9.17, 15) is 4.39 Å². The van der Waals surface area contributed by atoms with E-state index in [1.54, 1.807) is 22.9 Å². The van der Waals surface area contributed by atoms with Gasteiger partial charge < -0.3 is 10.5 Å². The second-order valence-corrected chi connectivity index (χ2v) is 3.67. The van der Waals surface area contributed by atoms with Crippen LogP contribution in [0.15, 0.2) is 24.3 Å². The molecule has 0 spiro atoms. The van der Waals surface area contributed by atoms with Crippen molar-refractivity contribution in [3.8, 4) is 11.4 Å². The van der Waals surface area contributed by atoms with Gasteiger partial charge in [0.2, 0.25) is 0 Å². The van der Waals surface area contributed by atoms with E-state index in [1.807, 2.05) is 13.8 Å². The number of nitrogens with zero attached hydrogens (tertiary/aromatic N) is 2. The highest BCUT2D eigenvalue weighted by Gasteiger charge is 2.08. The molecular formula is C12H14FN3O. The van der Waals surface area contributed by atoms with Crippen LogP contribution in [0.25, 0.3) is 5.69 Å². The van der Waals surface area contributed by atoms with Crippen LogP contribution in [-0.2, 0) is 0 Å². The lowest BCUT2D eigenvalue weighted by molar-refractivity contribution is 0.321. The highest BCUT2D eigenvalue weighted by molar-refractivity contribution is 5.42. The minimum Gasteiger partial charge on any atom is -0.491 e. The highest BCUT2D eigenvalue weighted by atomic mass is 19.1. The predicted molar refractivity (Wildman–Crippen MR) is 63.8 cm³/mol. The van der Waals surface area contributed by atoms with Gasteiger partial charge >= 0.3 is 0 Å². The molecule has 0 atom stereocenters. The van der Waals surface area contributed by atoms with E-state index in [2.05, 4.69) is 5.10 Å². The molecule has 0 saturated heterocycles. The van der Waals surface area contributed by atoms with Crippen LogP contribution in [0, 0.1) is 12.7 Å². The van der Waals surface area contributed by atoms with Crippen molar-refractivity contribution in [2.45, 2.75) is 13.8 Å². The van der Waals surface area contributed by atoms with E-state index >= 15 is 0 Å². The minimum absolute atomic E-state index is 0.244.